The van der Waals surface area contributed by atoms with Crippen LogP contribution in [0, 0.1) is 13.8 Å². The molecule has 0 saturated carbocycles. The average Bonchev–Trinajstić information content (AvgIpc) is 2.56. The van der Waals surface area contributed by atoms with Crippen molar-refractivity contribution in [1.82, 2.24) is 4.57 Å². The Morgan fingerprint density at radius 1 is 1.29 bits per heavy atom. The summed E-state index contributed by atoms with van der Waals surface area (Å²) in [5.74, 6) is 0.946. The molecular weight excluding hydrogens is 212 g/mol. The average molecular weight is 232 g/mol. The van der Waals surface area contributed by atoms with Crippen molar-refractivity contribution in [3.63, 3.8) is 0 Å². The minimum Gasteiger partial charge on any atom is -0.496 e. The largest absolute Gasteiger partial charge is 0.496 e. The molecule has 0 aliphatic carbocycles. The van der Waals surface area contributed by atoms with E-state index in [1.165, 1.54) is 27.7 Å². The lowest BCUT2D eigenvalue weighted by Crippen LogP contribution is -2.04. The number of nitrogens with two attached hydrogens (primary N) is 1. The third kappa shape index (κ3) is 1.71. The first-order valence-electron chi connectivity index (χ1n) is 5.93. The highest BCUT2D eigenvalue weighted by atomic mass is 16.5. The molecule has 2 rings (SSSR count). The molecule has 3 nitrogen and oxygen atoms in total. The van der Waals surface area contributed by atoms with Crippen molar-refractivity contribution in [3.05, 3.63) is 29.0 Å². The summed E-state index contributed by atoms with van der Waals surface area (Å²) < 4.78 is 7.62. The van der Waals surface area contributed by atoms with Crippen molar-refractivity contribution in [2.45, 2.75) is 20.3 Å². The van der Waals surface area contributed by atoms with Crippen LogP contribution in [0.3, 0.4) is 0 Å². The molecule has 0 amide bonds. The van der Waals surface area contributed by atoms with Crippen molar-refractivity contribution < 1.29 is 4.74 Å². The van der Waals surface area contributed by atoms with Crippen LogP contribution in [0.4, 0.5) is 0 Å². The summed E-state index contributed by atoms with van der Waals surface area (Å²) in [6.45, 7) is 4.94. The number of fused-ring (bicyclic) bond motifs is 1. The molecule has 92 valence electrons. The summed E-state index contributed by atoms with van der Waals surface area (Å²) in [4.78, 5) is 0. The predicted octanol–water partition coefficient (Wildman–Crippen LogP) is 2.30. The van der Waals surface area contributed by atoms with E-state index in [4.69, 9.17) is 10.5 Å². The van der Waals surface area contributed by atoms with Gasteiger partial charge in [0.1, 0.15) is 5.75 Å². The first kappa shape index (κ1) is 12.0. The smallest absolute Gasteiger partial charge is 0.122 e. The van der Waals surface area contributed by atoms with E-state index in [2.05, 4.69) is 31.5 Å². The van der Waals surface area contributed by atoms with Gasteiger partial charge in [-0.15, -0.1) is 0 Å². The van der Waals surface area contributed by atoms with Crippen molar-refractivity contribution in [2.75, 3.05) is 13.7 Å². The molecule has 0 saturated heterocycles. The summed E-state index contributed by atoms with van der Waals surface area (Å²) in [6, 6.07) is 4.15. The van der Waals surface area contributed by atoms with E-state index in [0.717, 1.165) is 12.2 Å². The van der Waals surface area contributed by atoms with Crippen LogP contribution >= 0.6 is 0 Å². The number of rotatable bonds is 3. The summed E-state index contributed by atoms with van der Waals surface area (Å²) in [6.07, 6.45) is 0.914. The fraction of sp³-hybridized carbons (Fsp3) is 0.429. The predicted molar refractivity (Wildman–Crippen MR) is 71.7 cm³/mol. The SMILES string of the molecule is COc1ccc2c(c1C)c(CCN)c(C)n2C. The van der Waals surface area contributed by atoms with E-state index >= 15 is 0 Å². The van der Waals surface area contributed by atoms with E-state index in [-0.39, 0.29) is 0 Å². The Bertz CT molecular complexity index is 555. The number of ether oxygens (including phenoxy) is 1. The molecule has 1 heterocycles. The van der Waals surface area contributed by atoms with Crippen LogP contribution in [0.1, 0.15) is 16.8 Å². The van der Waals surface area contributed by atoms with Crippen LogP contribution in [0.5, 0.6) is 5.75 Å². The zero-order valence-electron chi connectivity index (χ0n) is 11.0. The number of aromatic nitrogens is 1. The molecule has 2 aromatic rings. The number of methoxy groups -OCH3 is 1. The molecule has 0 spiro atoms. The van der Waals surface area contributed by atoms with Gasteiger partial charge in [-0.25, -0.2) is 0 Å². The van der Waals surface area contributed by atoms with Gasteiger partial charge in [-0.3, -0.25) is 0 Å². The Labute approximate surface area is 102 Å². The summed E-state index contributed by atoms with van der Waals surface area (Å²) >= 11 is 0. The van der Waals surface area contributed by atoms with Crippen LogP contribution in [0.2, 0.25) is 0 Å². The zero-order valence-corrected chi connectivity index (χ0v) is 11.0. The Hall–Kier alpha value is -1.48. The number of benzene rings is 1. The van der Waals surface area contributed by atoms with E-state index < -0.39 is 0 Å². The monoisotopic (exact) mass is 232 g/mol. The topological polar surface area (TPSA) is 40.2 Å². The van der Waals surface area contributed by atoms with Gasteiger partial charge in [0.25, 0.3) is 0 Å². The molecule has 0 unspecified atom stereocenters. The van der Waals surface area contributed by atoms with Crippen LogP contribution < -0.4 is 10.5 Å². The van der Waals surface area contributed by atoms with Crippen LogP contribution in [0.15, 0.2) is 12.1 Å². The molecule has 0 aliphatic rings. The lowest BCUT2D eigenvalue weighted by molar-refractivity contribution is 0.412. The summed E-state index contributed by atoms with van der Waals surface area (Å²) in [5.41, 5.74) is 10.8. The van der Waals surface area contributed by atoms with Crippen molar-refractivity contribution in [1.29, 1.82) is 0 Å². The van der Waals surface area contributed by atoms with Crippen molar-refractivity contribution in [3.8, 4) is 5.75 Å². The van der Waals surface area contributed by atoms with Gasteiger partial charge in [-0.05, 0) is 44.5 Å². The van der Waals surface area contributed by atoms with Crippen molar-refractivity contribution in [2.24, 2.45) is 12.8 Å². The maximum absolute atomic E-state index is 5.71. The summed E-state index contributed by atoms with van der Waals surface area (Å²) in [7, 11) is 3.82. The third-order valence-electron chi connectivity index (χ3n) is 3.61. The van der Waals surface area contributed by atoms with E-state index in [9.17, 15) is 0 Å². The first-order chi connectivity index (χ1) is 8.11. The van der Waals surface area contributed by atoms with Gasteiger partial charge in [0.2, 0.25) is 0 Å². The van der Waals surface area contributed by atoms with Crippen molar-refractivity contribution >= 4 is 10.9 Å². The van der Waals surface area contributed by atoms with E-state index in [0.29, 0.717) is 6.54 Å². The van der Waals surface area contributed by atoms with Gasteiger partial charge in [0.05, 0.1) is 7.11 Å². The van der Waals surface area contributed by atoms with Gasteiger partial charge in [0, 0.05) is 29.2 Å². The lowest BCUT2D eigenvalue weighted by atomic mass is 10.0. The highest BCUT2D eigenvalue weighted by Gasteiger charge is 2.15. The van der Waals surface area contributed by atoms with Crippen LogP contribution in [-0.2, 0) is 13.5 Å². The maximum atomic E-state index is 5.71. The number of hydrogen-bond donors (Lipinski definition) is 1. The zero-order chi connectivity index (χ0) is 12.6. The lowest BCUT2D eigenvalue weighted by Gasteiger charge is -2.07. The van der Waals surface area contributed by atoms with Gasteiger partial charge in [-0.1, -0.05) is 0 Å². The van der Waals surface area contributed by atoms with Crippen LogP contribution in [0.25, 0.3) is 10.9 Å². The molecule has 0 atom stereocenters. The molecule has 0 aliphatic heterocycles. The fourth-order valence-electron chi connectivity index (χ4n) is 2.57. The Morgan fingerprint density at radius 3 is 2.59 bits per heavy atom. The highest BCUT2D eigenvalue weighted by Crippen LogP contribution is 2.33. The second-order valence-corrected chi connectivity index (χ2v) is 4.45. The van der Waals surface area contributed by atoms with Crippen LogP contribution in [-0.4, -0.2) is 18.2 Å². The molecule has 3 heteroatoms. The standard InChI is InChI=1S/C14H20N2O/c1-9-13(17-4)6-5-12-14(9)11(7-8-15)10(2)16(12)3/h5-6H,7-8,15H2,1-4H3. The summed E-state index contributed by atoms with van der Waals surface area (Å²) in [5, 5.41) is 1.30. The minimum absolute atomic E-state index is 0.677. The molecule has 2 N–H and O–H groups in total. The number of hydrogen-bond acceptors (Lipinski definition) is 2. The molecule has 0 radical (unpaired) electrons. The molecule has 1 aromatic carbocycles. The van der Waals surface area contributed by atoms with Gasteiger partial charge >= 0.3 is 0 Å². The van der Waals surface area contributed by atoms with E-state index in [1.807, 2.05) is 6.07 Å². The third-order valence-corrected chi connectivity index (χ3v) is 3.61. The fourth-order valence-corrected chi connectivity index (χ4v) is 2.57. The molecule has 0 bridgehead atoms. The highest BCUT2D eigenvalue weighted by molar-refractivity contribution is 5.90. The quantitative estimate of drug-likeness (QED) is 0.882. The molecule has 1 aromatic heterocycles. The van der Waals surface area contributed by atoms with E-state index in [1.54, 1.807) is 7.11 Å². The Kier molecular flexibility index (Phi) is 3.11. The first-order valence-corrected chi connectivity index (χ1v) is 5.93. The Morgan fingerprint density at radius 2 is 2.00 bits per heavy atom. The number of aryl methyl sites for hydroxylation is 2. The normalized spacial score (nSPS) is 11.1. The molecular formula is C14H20N2O. The van der Waals surface area contributed by atoms with Gasteiger partial charge < -0.3 is 15.0 Å². The molecule has 17 heavy (non-hydrogen) atoms. The number of nitrogens with zero attached hydrogens (tertiary/aromatic N) is 1. The van der Waals surface area contributed by atoms with Gasteiger partial charge in [-0.2, -0.15) is 0 Å². The Balaban J connectivity index is 2.82. The molecule has 0 fully saturated rings. The maximum Gasteiger partial charge on any atom is 0.122 e. The van der Waals surface area contributed by atoms with Gasteiger partial charge in [0.15, 0.2) is 0 Å². The minimum atomic E-state index is 0.677. The second kappa shape index (κ2) is 4.41. The second-order valence-electron chi connectivity index (χ2n) is 4.45.